The molecule has 2 aliphatic carbocycles. The standard InChI is InChI=1S/2C30H39FN2O4.C14H17FO3/c2*31-22-12-14-25(28-10-4-6-18-37-28)26(19-22)29(30(34)35)33-16-15-24(20-33)36-17-5-3-8-23-13-11-21-7-1-2-9-27(21)32-23;1-17-14(16)9-10-8-11(15)5-6-12(10)13-4-2-3-7-18-13/h2*11-14,19,24,28-29H,1-10,15-18,20H2,(H,34,35);5-6,8,13H,2-4,7,9H2,1H3/t24-,28-,29+;24-,28-,29-;13-/m111/s1. The van der Waals surface area contributed by atoms with E-state index in [2.05, 4.69) is 29.0 Å². The zero-order valence-corrected chi connectivity index (χ0v) is 53.8. The maximum Gasteiger partial charge on any atom is 0.325 e. The van der Waals surface area contributed by atoms with Crippen molar-refractivity contribution in [3.63, 3.8) is 0 Å². The summed E-state index contributed by atoms with van der Waals surface area (Å²) < 4.78 is 76.3. The summed E-state index contributed by atoms with van der Waals surface area (Å²) in [6, 6.07) is 20.6. The van der Waals surface area contributed by atoms with Gasteiger partial charge in [-0.1, -0.05) is 30.3 Å². The van der Waals surface area contributed by atoms with Crippen LogP contribution in [0.15, 0.2) is 78.9 Å². The SMILES string of the molecule is COC(=O)Cc1cc(F)ccc1[C@H]1CCCCO1.O=C(O)[C@@H](c1cc(F)ccc1[C@H]1CCCCO1)N1CC[C@@H](OCCCCc2ccc3c(n2)CCCC3)C1.O=C(O)[C@H](c1cc(F)ccc1[C@H]1CCCCO1)N1CC[C@@H](OCCCCc2ccc3c(n2)CCCC3)C1. The number of carboxylic acid groups (broad SMARTS) is 2. The molecule has 5 aliphatic heterocycles. The van der Waals surface area contributed by atoms with Gasteiger partial charge in [0.25, 0.3) is 0 Å². The van der Waals surface area contributed by atoms with E-state index in [0.29, 0.717) is 69.3 Å². The summed E-state index contributed by atoms with van der Waals surface area (Å²) in [5, 5.41) is 20.3. The molecule has 12 rings (SSSR count). The highest BCUT2D eigenvalue weighted by Gasteiger charge is 2.39. The molecule has 3 aromatic carbocycles. The Hall–Kier alpha value is -6.12. The molecular formula is C74H95F3N4O11. The molecule has 7 heterocycles. The predicted molar refractivity (Wildman–Crippen MR) is 343 cm³/mol. The number of esters is 1. The lowest BCUT2D eigenvalue weighted by molar-refractivity contribution is -0.144. The van der Waals surface area contributed by atoms with Crippen molar-refractivity contribution >= 4 is 17.9 Å². The van der Waals surface area contributed by atoms with E-state index >= 15 is 0 Å². The first-order chi connectivity index (χ1) is 44.9. The van der Waals surface area contributed by atoms with Gasteiger partial charge in [0.1, 0.15) is 29.5 Å². The average molecular weight is 1270 g/mol. The van der Waals surface area contributed by atoms with Gasteiger partial charge >= 0.3 is 17.9 Å². The molecule has 0 saturated carbocycles. The number of methoxy groups -OCH3 is 1. The number of aliphatic carboxylic acids is 2. The monoisotopic (exact) mass is 1270 g/mol. The van der Waals surface area contributed by atoms with E-state index in [4.69, 9.17) is 33.7 Å². The number of hydrogen-bond acceptors (Lipinski definition) is 13. The third-order valence-electron chi connectivity index (χ3n) is 19.3. The molecule has 5 aromatic rings. The second-order valence-electron chi connectivity index (χ2n) is 25.9. The zero-order chi connectivity index (χ0) is 64.2. The summed E-state index contributed by atoms with van der Waals surface area (Å²) in [6.45, 7) is 5.63. The van der Waals surface area contributed by atoms with Gasteiger partial charge in [-0.25, -0.2) is 13.2 Å². The van der Waals surface area contributed by atoms with Crippen molar-refractivity contribution in [3.05, 3.63) is 164 Å². The minimum absolute atomic E-state index is 0.00772. The van der Waals surface area contributed by atoms with Crippen LogP contribution in [0.5, 0.6) is 0 Å². The van der Waals surface area contributed by atoms with Gasteiger partial charge in [0.2, 0.25) is 0 Å². The molecule has 2 N–H and O–H groups in total. The van der Waals surface area contributed by atoms with Crippen LogP contribution in [0.3, 0.4) is 0 Å². The number of pyridine rings is 2. The van der Waals surface area contributed by atoms with Gasteiger partial charge in [-0.3, -0.25) is 34.2 Å². The fraction of sp³-hybridized carbons (Fsp3) is 0.581. The Morgan fingerprint density at radius 3 is 1.37 bits per heavy atom. The minimum Gasteiger partial charge on any atom is -0.480 e. The zero-order valence-electron chi connectivity index (χ0n) is 53.8. The number of likely N-dealkylation sites (tertiary alicyclic amines) is 2. The number of carbonyl (C=O) groups excluding carboxylic acids is 1. The van der Waals surface area contributed by atoms with Crippen LogP contribution >= 0.6 is 0 Å². The van der Waals surface area contributed by atoms with E-state index in [-0.39, 0.29) is 48.7 Å². The van der Waals surface area contributed by atoms with Crippen LogP contribution in [0.1, 0.15) is 220 Å². The van der Waals surface area contributed by atoms with Crippen LogP contribution in [0.2, 0.25) is 0 Å². The van der Waals surface area contributed by atoms with Crippen LogP contribution in [0, 0.1) is 17.5 Å². The molecule has 498 valence electrons. The van der Waals surface area contributed by atoms with Gasteiger partial charge in [-0.05, 0) is 254 Å². The van der Waals surface area contributed by atoms with Gasteiger partial charge in [0, 0.05) is 82.0 Å². The summed E-state index contributed by atoms with van der Waals surface area (Å²) >= 11 is 0. The van der Waals surface area contributed by atoms with Gasteiger partial charge in [-0.2, -0.15) is 0 Å². The number of unbranched alkanes of at least 4 members (excludes halogenated alkanes) is 2. The van der Waals surface area contributed by atoms with Crippen LogP contribution < -0.4 is 0 Å². The number of nitrogens with zero attached hydrogens (tertiary/aromatic N) is 4. The highest BCUT2D eigenvalue weighted by molar-refractivity contribution is 5.77. The number of aromatic nitrogens is 2. The summed E-state index contributed by atoms with van der Waals surface area (Å²) in [7, 11) is 1.33. The molecule has 18 heteroatoms. The van der Waals surface area contributed by atoms with Crippen LogP contribution in [-0.2, 0) is 87.8 Å². The minimum atomic E-state index is -0.958. The van der Waals surface area contributed by atoms with E-state index in [1.807, 2.05) is 9.80 Å². The summed E-state index contributed by atoms with van der Waals surface area (Å²) in [6.07, 6.45) is 25.5. The van der Waals surface area contributed by atoms with Crippen LogP contribution in [0.25, 0.3) is 0 Å². The third-order valence-corrected chi connectivity index (χ3v) is 19.3. The normalized spacial score (nSPS) is 22.4. The van der Waals surface area contributed by atoms with Crippen molar-refractivity contribution in [2.24, 2.45) is 0 Å². The largest absolute Gasteiger partial charge is 0.480 e. The second kappa shape index (κ2) is 34.9. The number of aryl methyl sites for hydroxylation is 6. The lowest BCUT2D eigenvalue weighted by atomic mass is 9.92. The average Bonchev–Trinajstić information content (AvgIpc) is 1.75. The Morgan fingerprint density at radius 1 is 0.522 bits per heavy atom. The highest BCUT2D eigenvalue weighted by atomic mass is 19.1. The lowest BCUT2D eigenvalue weighted by Crippen LogP contribution is -2.34. The number of rotatable bonds is 23. The molecule has 0 spiro atoms. The third kappa shape index (κ3) is 19.3. The summed E-state index contributed by atoms with van der Waals surface area (Å²) in [4.78, 5) is 49.8. The Balaban J connectivity index is 0.000000160. The summed E-state index contributed by atoms with van der Waals surface area (Å²) in [5.41, 5.74) is 11.9. The van der Waals surface area contributed by atoms with E-state index in [1.54, 1.807) is 18.2 Å². The van der Waals surface area contributed by atoms with Crippen LogP contribution in [-0.4, -0.2) is 126 Å². The predicted octanol–water partition coefficient (Wildman–Crippen LogP) is 13.9. The number of hydrogen-bond donors (Lipinski definition) is 2. The van der Waals surface area contributed by atoms with Crippen molar-refractivity contribution in [3.8, 4) is 0 Å². The Bertz CT molecular complexity index is 3040. The van der Waals surface area contributed by atoms with Gasteiger partial charge < -0.3 is 38.6 Å². The van der Waals surface area contributed by atoms with Crippen molar-refractivity contribution < 1.29 is 66.2 Å². The number of ether oxygens (including phenoxy) is 6. The van der Waals surface area contributed by atoms with Gasteiger partial charge in [0.05, 0.1) is 44.1 Å². The molecular weight excluding hydrogens is 1180 g/mol. The van der Waals surface area contributed by atoms with Gasteiger partial charge in [0.15, 0.2) is 0 Å². The van der Waals surface area contributed by atoms with E-state index < -0.39 is 35.7 Å². The van der Waals surface area contributed by atoms with Crippen molar-refractivity contribution in [1.82, 2.24) is 19.8 Å². The van der Waals surface area contributed by atoms with Crippen molar-refractivity contribution in [2.45, 2.75) is 210 Å². The van der Waals surface area contributed by atoms with Crippen molar-refractivity contribution in [1.29, 1.82) is 0 Å². The Morgan fingerprint density at radius 2 is 0.946 bits per heavy atom. The maximum absolute atomic E-state index is 14.3. The highest BCUT2D eigenvalue weighted by Crippen LogP contribution is 2.39. The van der Waals surface area contributed by atoms with E-state index in [0.717, 1.165) is 158 Å². The lowest BCUT2D eigenvalue weighted by Gasteiger charge is -2.30. The first-order valence-corrected chi connectivity index (χ1v) is 34.3. The number of carbonyl (C=O) groups is 3. The molecule has 7 atom stereocenters. The fourth-order valence-corrected chi connectivity index (χ4v) is 14.4. The van der Waals surface area contributed by atoms with E-state index in [1.165, 1.54) is 103 Å². The number of benzene rings is 3. The van der Waals surface area contributed by atoms with Crippen LogP contribution in [0.4, 0.5) is 13.2 Å². The maximum atomic E-state index is 14.3. The quantitative estimate of drug-likeness (QED) is 0.0466. The Labute approximate surface area is 541 Å². The molecule has 0 radical (unpaired) electrons. The second-order valence-corrected chi connectivity index (χ2v) is 25.9. The molecule has 5 fully saturated rings. The number of carboxylic acids is 2. The molecule has 2 aromatic heterocycles. The fourth-order valence-electron chi connectivity index (χ4n) is 14.4. The first kappa shape index (κ1) is 68.7. The van der Waals surface area contributed by atoms with E-state index in [9.17, 15) is 37.8 Å². The molecule has 92 heavy (non-hydrogen) atoms. The molecule has 0 bridgehead atoms. The molecule has 0 amide bonds. The van der Waals surface area contributed by atoms with Crippen molar-refractivity contribution in [2.75, 3.05) is 66.3 Å². The molecule has 15 nitrogen and oxygen atoms in total. The summed E-state index contributed by atoms with van der Waals surface area (Å²) in [5.74, 6) is -3.45. The number of halogens is 3. The first-order valence-electron chi connectivity index (χ1n) is 34.3. The topological polar surface area (TPSA) is 179 Å². The molecule has 7 aliphatic rings. The Kier molecular flexibility index (Phi) is 26.0. The van der Waals surface area contributed by atoms with Gasteiger partial charge in [-0.15, -0.1) is 0 Å². The smallest absolute Gasteiger partial charge is 0.325 e. The molecule has 0 unspecified atom stereocenters. The molecule has 5 saturated heterocycles. The number of fused-ring (bicyclic) bond motifs is 2.